The van der Waals surface area contributed by atoms with E-state index in [-0.39, 0.29) is 11.8 Å². The number of hydrogen-bond acceptors (Lipinski definition) is 5. The summed E-state index contributed by atoms with van der Waals surface area (Å²) in [7, 11) is 1.77. The maximum atomic E-state index is 13.2. The SMILES string of the molecule is CCN1C(=O)C(C)(C)C(=O)N(C)c2cc(CCCN(CCc3cccnc3)Cc3cccnc3C)ccc21. The fourth-order valence-corrected chi connectivity index (χ4v) is 5.14. The first kappa shape index (κ1) is 27.5. The topological polar surface area (TPSA) is 69.6 Å². The second kappa shape index (κ2) is 11.9. The number of fused-ring (bicyclic) bond motifs is 1. The molecule has 0 fully saturated rings. The third-order valence-corrected chi connectivity index (χ3v) is 7.52. The summed E-state index contributed by atoms with van der Waals surface area (Å²) in [4.78, 5) is 40.9. The maximum absolute atomic E-state index is 13.2. The van der Waals surface area contributed by atoms with Crippen LogP contribution in [-0.2, 0) is 29.0 Å². The van der Waals surface area contributed by atoms with Gasteiger partial charge >= 0.3 is 0 Å². The van der Waals surface area contributed by atoms with Crippen molar-refractivity contribution in [3.8, 4) is 0 Å². The van der Waals surface area contributed by atoms with Crippen molar-refractivity contribution in [2.75, 3.05) is 36.5 Å². The molecule has 3 aromatic rings. The van der Waals surface area contributed by atoms with Gasteiger partial charge in [-0.3, -0.25) is 24.5 Å². The third kappa shape index (κ3) is 5.94. The molecule has 7 heteroatoms. The Hall–Kier alpha value is -3.58. The van der Waals surface area contributed by atoms with E-state index in [2.05, 4.69) is 46.1 Å². The Morgan fingerprint density at radius 3 is 2.42 bits per heavy atom. The normalized spacial score (nSPS) is 15.1. The van der Waals surface area contributed by atoms with Gasteiger partial charge in [0.1, 0.15) is 5.41 Å². The second-order valence-corrected chi connectivity index (χ2v) is 10.6. The number of pyridine rings is 2. The molecule has 1 aromatic carbocycles. The third-order valence-electron chi connectivity index (χ3n) is 7.52. The summed E-state index contributed by atoms with van der Waals surface area (Å²) in [5.41, 5.74) is 5.21. The number of anilines is 2. The molecule has 1 aliphatic heterocycles. The standard InChI is InChI=1S/C31H39N5O2/c1-6-36-27-14-13-24(20-28(27)34(5)29(37)31(3,4)30(36)38)11-9-18-35(19-15-25-10-7-16-32-21-25)22-26-12-8-17-33-23(26)2/h7-8,10,12-14,16-17,20-21H,6,9,11,15,18-19,22H2,1-5H3. The van der Waals surface area contributed by atoms with Gasteiger partial charge in [0.25, 0.3) is 0 Å². The average Bonchev–Trinajstić information content (AvgIpc) is 2.97. The number of aromatic nitrogens is 2. The lowest BCUT2D eigenvalue weighted by Crippen LogP contribution is -2.47. The van der Waals surface area contributed by atoms with Crippen LogP contribution in [0.3, 0.4) is 0 Å². The minimum atomic E-state index is -1.09. The Labute approximate surface area is 226 Å². The van der Waals surface area contributed by atoms with Crippen LogP contribution in [0.4, 0.5) is 11.4 Å². The number of aryl methyl sites for hydroxylation is 2. The highest BCUT2D eigenvalue weighted by molar-refractivity contribution is 6.19. The highest BCUT2D eigenvalue weighted by Gasteiger charge is 2.45. The minimum absolute atomic E-state index is 0.154. The lowest BCUT2D eigenvalue weighted by molar-refractivity contribution is -0.137. The molecule has 38 heavy (non-hydrogen) atoms. The van der Waals surface area contributed by atoms with Gasteiger partial charge in [0.15, 0.2) is 0 Å². The van der Waals surface area contributed by atoms with E-state index in [9.17, 15) is 9.59 Å². The van der Waals surface area contributed by atoms with Gasteiger partial charge in [-0.1, -0.05) is 18.2 Å². The van der Waals surface area contributed by atoms with E-state index < -0.39 is 5.41 Å². The van der Waals surface area contributed by atoms with E-state index in [1.54, 1.807) is 30.7 Å². The van der Waals surface area contributed by atoms with Gasteiger partial charge in [-0.05, 0) is 94.5 Å². The fourth-order valence-electron chi connectivity index (χ4n) is 5.14. The van der Waals surface area contributed by atoms with Crippen molar-refractivity contribution in [1.82, 2.24) is 14.9 Å². The Morgan fingerprint density at radius 2 is 1.71 bits per heavy atom. The van der Waals surface area contributed by atoms with Gasteiger partial charge < -0.3 is 9.80 Å². The largest absolute Gasteiger partial charge is 0.313 e. The van der Waals surface area contributed by atoms with Crippen molar-refractivity contribution in [2.45, 2.75) is 53.5 Å². The van der Waals surface area contributed by atoms with E-state index in [1.165, 1.54) is 11.1 Å². The number of nitrogens with zero attached hydrogens (tertiary/aromatic N) is 5. The van der Waals surface area contributed by atoms with Gasteiger partial charge in [-0.2, -0.15) is 0 Å². The van der Waals surface area contributed by atoms with Crippen molar-refractivity contribution in [3.63, 3.8) is 0 Å². The highest BCUT2D eigenvalue weighted by atomic mass is 16.2. The zero-order valence-electron chi connectivity index (χ0n) is 23.3. The molecule has 0 spiro atoms. The van der Waals surface area contributed by atoms with Crippen LogP contribution < -0.4 is 9.80 Å². The van der Waals surface area contributed by atoms with Crippen molar-refractivity contribution < 1.29 is 9.59 Å². The Bertz CT molecular complexity index is 1270. The molecule has 0 radical (unpaired) electrons. The van der Waals surface area contributed by atoms with Crippen molar-refractivity contribution >= 4 is 23.2 Å². The van der Waals surface area contributed by atoms with Crippen molar-refractivity contribution in [2.24, 2.45) is 5.41 Å². The van der Waals surface area contributed by atoms with Crippen molar-refractivity contribution in [3.05, 3.63) is 83.4 Å². The van der Waals surface area contributed by atoms with Gasteiger partial charge in [0, 0.05) is 51.0 Å². The molecule has 0 N–H and O–H groups in total. The van der Waals surface area contributed by atoms with E-state index in [0.717, 1.165) is 61.5 Å². The summed E-state index contributed by atoms with van der Waals surface area (Å²) in [5.74, 6) is -0.330. The summed E-state index contributed by atoms with van der Waals surface area (Å²) in [6.45, 7) is 10.7. The van der Waals surface area contributed by atoms with Crippen LogP contribution in [0.2, 0.25) is 0 Å². The molecule has 0 bridgehead atoms. The van der Waals surface area contributed by atoms with Gasteiger partial charge in [-0.15, -0.1) is 0 Å². The van der Waals surface area contributed by atoms with E-state index in [4.69, 9.17) is 0 Å². The molecule has 3 heterocycles. The number of amides is 2. The Morgan fingerprint density at radius 1 is 0.921 bits per heavy atom. The molecule has 2 aromatic heterocycles. The summed E-state index contributed by atoms with van der Waals surface area (Å²) < 4.78 is 0. The number of hydrogen-bond donors (Lipinski definition) is 0. The van der Waals surface area contributed by atoms with Crippen molar-refractivity contribution in [1.29, 1.82) is 0 Å². The zero-order chi connectivity index (χ0) is 27.3. The van der Waals surface area contributed by atoms with E-state index in [1.807, 2.05) is 43.7 Å². The summed E-state index contributed by atoms with van der Waals surface area (Å²) >= 11 is 0. The quantitative estimate of drug-likeness (QED) is 0.364. The van der Waals surface area contributed by atoms with Crippen LogP contribution in [0.5, 0.6) is 0 Å². The number of rotatable bonds is 10. The smallest absolute Gasteiger partial charge is 0.242 e. The molecule has 0 saturated heterocycles. The maximum Gasteiger partial charge on any atom is 0.242 e. The highest BCUT2D eigenvalue weighted by Crippen LogP contribution is 2.38. The molecular weight excluding hydrogens is 474 g/mol. The molecule has 0 atom stereocenters. The predicted molar refractivity (Wildman–Crippen MR) is 152 cm³/mol. The fraction of sp³-hybridized carbons (Fsp3) is 0.419. The first-order valence-electron chi connectivity index (χ1n) is 13.5. The molecule has 0 saturated carbocycles. The molecule has 200 valence electrons. The van der Waals surface area contributed by atoms with Crippen LogP contribution in [0, 0.1) is 12.3 Å². The van der Waals surface area contributed by atoms with E-state index >= 15 is 0 Å². The average molecular weight is 514 g/mol. The second-order valence-electron chi connectivity index (χ2n) is 10.6. The molecule has 0 unspecified atom stereocenters. The molecule has 0 aliphatic carbocycles. The van der Waals surface area contributed by atoms with Gasteiger partial charge in [0.2, 0.25) is 11.8 Å². The summed E-state index contributed by atoms with van der Waals surface area (Å²) in [5, 5.41) is 0. The predicted octanol–water partition coefficient (Wildman–Crippen LogP) is 4.82. The van der Waals surface area contributed by atoms with E-state index in [0.29, 0.717) is 6.54 Å². The van der Waals surface area contributed by atoms with Crippen LogP contribution >= 0.6 is 0 Å². The van der Waals surface area contributed by atoms with Gasteiger partial charge in [-0.25, -0.2) is 0 Å². The number of carbonyl (C=O) groups excluding carboxylic acids is 2. The lowest BCUT2D eigenvalue weighted by atomic mass is 9.90. The Kier molecular flexibility index (Phi) is 8.57. The van der Waals surface area contributed by atoms with Crippen LogP contribution in [-0.4, -0.2) is 53.4 Å². The first-order chi connectivity index (χ1) is 18.2. The van der Waals surface area contributed by atoms with Crippen LogP contribution in [0.1, 0.15) is 49.6 Å². The Balaban J connectivity index is 1.48. The first-order valence-corrected chi connectivity index (χ1v) is 13.5. The number of benzene rings is 1. The van der Waals surface area contributed by atoms with Crippen LogP contribution in [0.25, 0.3) is 0 Å². The molecule has 7 nitrogen and oxygen atoms in total. The van der Waals surface area contributed by atoms with Crippen LogP contribution in [0.15, 0.2) is 61.1 Å². The number of carbonyl (C=O) groups is 2. The summed E-state index contributed by atoms with van der Waals surface area (Å²) in [6, 6.07) is 14.4. The lowest BCUT2D eigenvalue weighted by Gasteiger charge is -2.27. The molecule has 2 amide bonds. The molecular formula is C31H39N5O2. The zero-order valence-corrected chi connectivity index (χ0v) is 23.3. The molecule has 1 aliphatic rings. The molecule has 4 rings (SSSR count). The minimum Gasteiger partial charge on any atom is -0.313 e. The van der Waals surface area contributed by atoms with Gasteiger partial charge in [0.05, 0.1) is 11.4 Å². The summed E-state index contributed by atoms with van der Waals surface area (Å²) in [6.07, 6.45) is 8.39. The monoisotopic (exact) mass is 513 g/mol.